The van der Waals surface area contributed by atoms with Crippen LogP contribution in [-0.4, -0.2) is 59.8 Å². The molecule has 1 aliphatic heterocycles. The van der Waals surface area contributed by atoms with Gasteiger partial charge in [0.05, 0.1) is 12.2 Å². The first-order valence-electron chi connectivity index (χ1n) is 11.5. The molecule has 0 radical (unpaired) electrons. The number of rotatable bonds is 8. The summed E-state index contributed by atoms with van der Waals surface area (Å²) in [5.41, 5.74) is 0.572. The minimum absolute atomic E-state index is 0.0425. The summed E-state index contributed by atoms with van der Waals surface area (Å²) in [5, 5.41) is 12.7. The molecule has 2 atom stereocenters. The van der Waals surface area contributed by atoms with E-state index in [0.29, 0.717) is 17.2 Å². The van der Waals surface area contributed by atoms with Crippen LogP contribution in [-0.2, 0) is 9.59 Å². The third-order valence-corrected chi connectivity index (χ3v) is 5.90. The molecule has 2 amide bonds. The molecular weight excluding hydrogens is 432 g/mol. The quantitative estimate of drug-likeness (QED) is 0.553. The van der Waals surface area contributed by atoms with Crippen LogP contribution in [0.2, 0.25) is 0 Å². The number of hydrogen-bond donors (Lipinski definition) is 1. The van der Waals surface area contributed by atoms with E-state index >= 15 is 0 Å². The lowest BCUT2D eigenvalue weighted by molar-refractivity contribution is -0.135. The van der Waals surface area contributed by atoms with Gasteiger partial charge in [0.25, 0.3) is 5.91 Å². The summed E-state index contributed by atoms with van der Waals surface area (Å²) in [7, 11) is 0. The summed E-state index contributed by atoms with van der Waals surface area (Å²) >= 11 is 0. The highest BCUT2D eigenvalue weighted by Crippen LogP contribution is 2.33. The second kappa shape index (κ2) is 10.1. The lowest BCUT2D eigenvalue weighted by Crippen LogP contribution is -2.52. The maximum atomic E-state index is 13.2. The first-order chi connectivity index (χ1) is 16.3. The molecule has 1 N–H and O–H groups in total. The van der Waals surface area contributed by atoms with Gasteiger partial charge in [-0.2, -0.15) is 0 Å². The summed E-state index contributed by atoms with van der Waals surface area (Å²) in [4.78, 5) is 29.0. The highest BCUT2D eigenvalue weighted by Gasteiger charge is 2.34. The Labute approximate surface area is 199 Å². The number of hydrogen-bond acceptors (Lipinski definition) is 5. The number of fused-ring (bicyclic) bond motifs is 2. The van der Waals surface area contributed by atoms with Gasteiger partial charge in [-0.25, -0.2) is 0 Å². The zero-order valence-corrected chi connectivity index (χ0v) is 19.7. The molecule has 1 heterocycles. The monoisotopic (exact) mass is 462 g/mol. The summed E-state index contributed by atoms with van der Waals surface area (Å²) in [6.07, 6.45) is -1.56. The number of amides is 2. The van der Waals surface area contributed by atoms with Crippen molar-refractivity contribution >= 4 is 28.3 Å². The van der Waals surface area contributed by atoms with Gasteiger partial charge in [-0.1, -0.05) is 48.5 Å². The number of benzene rings is 3. The molecular formula is C27H30N2O5. The third-order valence-electron chi connectivity index (χ3n) is 5.90. The van der Waals surface area contributed by atoms with Gasteiger partial charge < -0.3 is 19.5 Å². The van der Waals surface area contributed by atoms with Crippen molar-refractivity contribution in [1.29, 1.82) is 0 Å². The number of carbonyl (C=O) groups excluding carboxylic acids is 2. The highest BCUT2D eigenvalue weighted by molar-refractivity contribution is 6.03. The maximum Gasteiger partial charge on any atom is 0.268 e. The number of carbonyl (C=O) groups is 2. The van der Waals surface area contributed by atoms with Crippen LogP contribution >= 0.6 is 0 Å². The molecule has 7 nitrogen and oxygen atoms in total. The maximum absolute atomic E-state index is 13.2. The van der Waals surface area contributed by atoms with Crippen LogP contribution in [0.1, 0.15) is 20.8 Å². The van der Waals surface area contributed by atoms with Gasteiger partial charge in [0, 0.05) is 11.4 Å². The highest BCUT2D eigenvalue weighted by atomic mass is 16.5. The third kappa shape index (κ3) is 4.99. The molecule has 0 spiro atoms. The van der Waals surface area contributed by atoms with Gasteiger partial charge >= 0.3 is 0 Å². The molecule has 7 heteroatoms. The van der Waals surface area contributed by atoms with Crippen LogP contribution in [0.5, 0.6) is 11.5 Å². The minimum Gasteiger partial charge on any atom is -0.490 e. The molecule has 0 aromatic heterocycles. The lowest BCUT2D eigenvalue weighted by atomic mass is 10.1. The van der Waals surface area contributed by atoms with Gasteiger partial charge in [-0.3, -0.25) is 14.5 Å². The summed E-state index contributed by atoms with van der Waals surface area (Å²) in [5.74, 6) is 0.734. The normalized spacial score (nSPS) is 16.2. The molecule has 4 rings (SSSR count). The predicted octanol–water partition coefficient (Wildman–Crippen LogP) is 3.63. The van der Waals surface area contributed by atoms with E-state index in [1.165, 1.54) is 4.90 Å². The topological polar surface area (TPSA) is 79.3 Å². The molecule has 0 bridgehead atoms. The Morgan fingerprint density at radius 2 is 1.79 bits per heavy atom. The van der Waals surface area contributed by atoms with E-state index in [4.69, 9.17) is 9.47 Å². The average molecular weight is 463 g/mol. The van der Waals surface area contributed by atoms with E-state index in [9.17, 15) is 14.7 Å². The van der Waals surface area contributed by atoms with Gasteiger partial charge in [0.1, 0.15) is 30.8 Å². The van der Waals surface area contributed by atoms with Crippen LogP contribution in [0.15, 0.2) is 66.7 Å². The first kappa shape index (κ1) is 23.6. The van der Waals surface area contributed by atoms with Crippen LogP contribution in [0.4, 0.5) is 5.69 Å². The van der Waals surface area contributed by atoms with Crippen LogP contribution in [0.25, 0.3) is 10.8 Å². The van der Waals surface area contributed by atoms with Crippen molar-refractivity contribution in [2.45, 2.75) is 39.0 Å². The van der Waals surface area contributed by atoms with Gasteiger partial charge in [0.15, 0.2) is 6.10 Å². The van der Waals surface area contributed by atoms with Crippen molar-refractivity contribution in [2.75, 3.05) is 24.6 Å². The van der Waals surface area contributed by atoms with Crippen molar-refractivity contribution in [2.24, 2.45) is 0 Å². The van der Waals surface area contributed by atoms with E-state index in [-0.39, 0.29) is 37.6 Å². The van der Waals surface area contributed by atoms with E-state index in [2.05, 4.69) is 0 Å². The Balaban J connectivity index is 1.43. The predicted molar refractivity (Wildman–Crippen MR) is 131 cm³/mol. The number of ether oxygens (including phenoxy) is 2. The second-order valence-electron chi connectivity index (χ2n) is 8.73. The SMILES string of the molecule is CC(C)N(C[C@@H](O)COc1cccc2ccccc12)C(=O)CN1C(=O)[C@H](C)Oc2ccccc21. The number of aliphatic hydroxyl groups excluding tert-OH is 1. The number of anilines is 1. The number of para-hydroxylation sites is 2. The Kier molecular flexibility index (Phi) is 7.03. The van der Waals surface area contributed by atoms with Gasteiger partial charge in [-0.05, 0) is 44.4 Å². The average Bonchev–Trinajstić information content (AvgIpc) is 2.83. The Morgan fingerprint density at radius 1 is 1.09 bits per heavy atom. The van der Waals surface area contributed by atoms with Crippen molar-refractivity contribution in [3.63, 3.8) is 0 Å². The molecule has 34 heavy (non-hydrogen) atoms. The zero-order valence-electron chi connectivity index (χ0n) is 19.7. The molecule has 0 aliphatic carbocycles. The van der Waals surface area contributed by atoms with Crippen molar-refractivity contribution < 1.29 is 24.2 Å². The summed E-state index contributed by atoms with van der Waals surface area (Å²) in [6.45, 7) is 5.45. The van der Waals surface area contributed by atoms with E-state index in [1.807, 2.05) is 62.4 Å². The summed E-state index contributed by atoms with van der Waals surface area (Å²) in [6, 6.07) is 20.7. The van der Waals surface area contributed by atoms with E-state index in [1.54, 1.807) is 30.0 Å². The fourth-order valence-electron chi connectivity index (χ4n) is 4.14. The molecule has 0 fully saturated rings. The molecule has 178 valence electrons. The van der Waals surface area contributed by atoms with Crippen LogP contribution in [0, 0.1) is 0 Å². The fraction of sp³-hybridized carbons (Fsp3) is 0.333. The molecule has 3 aromatic rings. The fourth-order valence-corrected chi connectivity index (χ4v) is 4.14. The Morgan fingerprint density at radius 3 is 2.59 bits per heavy atom. The molecule has 0 saturated heterocycles. The molecule has 1 aliphatic rings. The largest absolute Gasteiger partial charge is 0.490 e. The lowest BCUT2D eigenvalue weighted by Gasteiger charge is -2.35. The van der Waals surface area contributed by atoms with Gasteiger partial charge in [0.2, 0.25) is 5.91 Å². The van der Waals surface area contributed by atoms with Crippen molar-refractivity contribution in [3.8, 4) is 11.5 Å². The van der Waals surface area contributed by atoms with Crippen LogP contribution in [0.3, 0.4) is 0 Å². The molecule has 3 aromatic carbocycles. The molecule has 0 saturated carbocycles. The Hall–Kier alpha value is -3.58. The van der Waals surface area contributed by atoms with E-state index in [0.717, 1.165) is 10.8 Å². The zero-order chi connectivity index (χ0) is 24.2. The van der Waals surface area contributed by atoms with Crippen molar-refractivity contribution in [3.05, 3.63) is 66.7 Å². The summed E-state index contributed by atoms with van der Waals surface area (Å²) < 4.78 is 11.6. The molecule has 0 unspecified atom stereocenters. The van der Waals surface area contributed by atoms with Crippen LogP contribution < -0.4 is 14.4 Å². The first-order valence-corrected chi connectivity index (χ1v) is 11.5. The van der Waals surface area contributed by atoms with Crippen molar-refractivity contribution in [1.82, 2.24) is 4.90 Å². The second-order valence-corrected chi connectivity index (χ2v) is 8.73. The number of aliphatic hydroxyl groups is 1. The standard InChI is InChI=1S/C27H30N2O5/c1-18(2)28(15-21(30)17-33-24-14-8-10-20-9-4-5-11-22(20)24)26(31)16-29-23-12-6-7-13-25(23)34-19(3)27(29)32/h4-14,18-19,21,30H,15-17H2,1-3H3/t19-,21+/m0/s1. The van der Waals surface area contributed by atoms with Gasteiger partial charge in [-0.15, -0.1) is 0 Å². The Bertz CT molecular complexity index is 1170. The number of nitrogens with zero attached hydrogens (tertiary/aromatic N) is 2. The van der Waals surface area contributed by atoms with E-state index < -0.39 is 12.2 Å². The smallest absolute Gasteiger partial charge is 0.268 e. The minimum atomic E-state index is -0.892.